The summed E-state index contributed by atoms with van der Waals surface area (Å²) in [6.45, 7) is 1.92. The van der Waals surface area contributed by atoms with Crippen LogP contribution in [0.15, 0.2) is 77.1 Å². The molecule has 0 unspecified atom stereocenters. The van der Waals surface area contributed by atoms with E-state index in [0.29, 0.717) is 27.9 Å². The van der Waals surface area contributed by atoms with Crippen molar-refractivity contribution in [2.45, 2.75) is 36.2 Å². The second-order valence-corrected chi connectivity index (χ2v) is 12.7. The molecule has 37 heavy (non-hydrogen) atoms. The van der Waals surface area contributed by atoms with Gasteiger partial charge in [0.15, 0.2) is 0 Å². The standard InChI is InChI=1S/C27H27ClN4O3S2/c28-21-7-5-19(6-8-21)27(33)31-18-23-9-10-26(36-23)37(34,35)32-15-12-22(13-16-32)30-17-20-11-14-29-25-4-2-1-3-24(20)25/h1-11,14,22,30H,12-13,15-18H2,(H,31,33). The van der Waals surface area contributed by atoms with Gasteiger partial charge in [0.2, 0.25) is 0 Å². The van der Waals surface area contributed by atoms with Crippen molar-refractivity contribution in [2.75, 3.05) is 13.1 Å². The van der Waals surface area contributed by atoms with Crippen LogP contribution in [0, 0.1) is 0 Å². The lowest BCUT2D eigenvalue weighted by Gasteiger charge is -2.31. The number of carbonyl (C=O) groups is 1. The van der Waals surface area contributed by atoms with E-state index in [1.165, 1.54) is 16.9 Å². The number of piperidine rings is 1. The highest BCUT2D eigenvalue weighted by molar-refractivity contribution is 7.91. The number of benzene rings is 2. The van der Waals surface area contributed by atoms with E-state index >= 15 is 0 Å². The first kappa shape index (κ1) is 25.8. The lowest BCUT2D eigenvalue weighted by molar-refractivity contribution is 0.0951. The summed E-state index contributed by atoms with van der Waals surface area (Å²) in [5.41, 5.74) is 2.67. The van der Waals surface area contributed by atoms with Crippen molar-refractivity contribution in [3.8, 4) is 0 Å². The number of pyridine rings is 1. The van der Waals surface area contributed by atoms with Crippen LogP contribution in [0.25, 0.3) is 10.9 Å². The van der Waals surface area contributed by atoms with Crippen LogP contribution in [0.3, 0.4) is 0 Å². The Balaban J connectivity index is 1.14. The van der Waals surface area contributed by atoms with Crippen molar-refractivity contribution in [3.63, 3.8) is 0 Å². The summed E-state index contributed by atoms with van der Waals surface area (Å²) in [4.78, 5) is 17.5. The number of thiophene rings is 1. The van der Waals surface area contributed by atoms with Gasteiger partial charge in [0.1, 0.15) is 4.21 Å². The summed E-state index contributed by atoms with van der Waals surface area (Å²) in [5, 5.41) is 8.12. The molecule has 4 aromatic rings. The second kappa shape index (κ2) is 11.3. The number of halogens is 1. The third-order valence-electron chi connectivity index (χ3n) is 6.54. The fourth-order valence-corrected chi connectivity index (χ4v) is 7.50. The normalized spacial score (nSPS) is 15.2. The molecule has 1 aliphatic heterocycles. The summed E-state index contributed by atoms with van der Waals surface area (Å²) in [6.07, 6.45) is 3.32. The second-order valence-electron chi connectivity index (χ2n) is 8.96. The molecule has 1 saturated heterocycles. The molecule has 0 bridgehead atoms. The van der Waals surface area contributed by atoms with Crippen LogP contribution in [0.1, 0.15) is 33.6 Å². The molecule has 1 fully saturated rings. The minimum Gasteiger partial charge on any atom is -0.347 e. The van der Waals surface area contributed by atoms with Gasteiger partial charge in [-0.25, -0.2) is 8.42 Å². The van der Waals surface area contributed by atoms with Gasteiger partial charge < -0.3 is 10.6 Å². The van der Waals surface area contributed by atoms with E-state index in [4.69, 9.17) is 11.6 Å². The number of amides is 1. The van der Waals surface area contributed by atoms with Gasteiger partial charge in [-0.3, -0.25) is 9.78 Å². The maximum absolute atomic E-state index is 13.2. The molecule has 2 aromatic carbocycles. The average Bonchev–Trinajstić information content (AvgIpc) is 3.41. The van der Waals surface area contributed by atoms with E-state index in [1.54, 1.807) is 40.7 Å². The number of fused-ring (bicyclic) bond motifs is 1. The van der Waals surface area contributed by atoms with E-state index in [9.17, 15) is 13.2 Å². The van der Waals surface area contributed by atoms with Crippen LogP contribution in [0.2, 0.25) is 5.02 Å². The molecule has 10 heteroatoms. The molecule has 0 aliphatic carbocycles. The minimum atomic E-state index is -3.57. The van der Waals surface area contributed by atoms with Gasteiger partial charge in [-0.15, -0.1) is 11.3 Å². The Labute approximate surface area is 225 Å². The number of hydrogen-bond acceptors (Lipinski definition) is 6. The number of nitrogens with zero attached hydrogens (tertiary/aromatic N) is 2. The summed E-state index contributed by atoms with van der Waals surface area (Å²) in [6, 6.07) is 20.4. The molecule has 2 N–H and O–H groups in total. The Hall–Kier alpha value is -2.82. The van der Waals surface area contributed by atoms with Crippen LogP contribution in [-0.2, 0) is 23.1 Å². The number of rotatable bonds is 8. The number of nitrogens with one attached hydrogen (secondary N) is 2. The monoisotopic (exact) mass is 554 g/mol. The van der Waals surface area contributed by atoms with Crippen molar-refractivity contribution in [2.24, 2.45) is 0 Å². The van der Waals surface area contributed by atoms with Gasteiger partial charge in [-0.05, 0) is 66.9 Å². The number of sulfonamides is 1. The highest BCUT2D eigenvalue weighted by Gasteiger charge is 2.30. The van der Waals surface area contributed by atoms with Crippen LogP contribution < -0.4 is 10.6 Å². The Kier molecular flexibility index (Phi) is 7.87. The molecule has 0 radical (unpaired) electrons. The zero-order valence-electron chi connectivity index (χ0n) is 20.1. The fourth-order valence-electron chi connectivity index (χ4n) is 4.45. The molecule has 5 rings (SSSR count). The van der Waals surface area contributed by atoms with E-state index < -0.39 is 10.0 Å². The SMILES string of the molecule is O=C(NCc1ccc(S(=O)(=O)N2CCC(NCc3ccnc4ccccc34)CC2)s1)c1ccc(Cl)cc1. The van der Waals surface area contributed by atoms with Gasteiger partial charge in [0.05, 0.1) is 12.1 Å². The predicted octanol–water partition coefficient (Wildman–Crippen LogP) is 4.82. The number of hydrogen-bond donors (Lipinski definition) is 2. The van der Waals surface area contributed by atoms with Gasteiger partial charge in [-0.2, -0.15) is 4.31 Å². The van der Waals surface area contributed by atoms with Crippen molar-refractivity contribution in [1.29, 1.82) is 0 Å². The van der Waals surface area contributed by atoms with E-state index in [2.05, 4.69) is 21.7 Å². The summed E-state index contributed by atoms with van der Waals surface area (Å²) >= 11 is 7.07. The maximum Gasteiger partial charge on any atom is 0.252 e. The van der Waals surface area contributed by atoms with Crippen LogP contribution in [0.4, 0.5) is 0 Å². The molecule has 1 amide bonds. The van der Waals surface area contributed by atoms with Gasteiger partial charge >= 0.3 is 0 Å². The Morgan fingerprint density at radius 1 is 1.00 bits per heavy atom. The fraction of sp³-hybridized carbons (Fsp3) is 0.259. The first-order chi connectivity index (χ1) is 17.9. The van der Waals surface area contributed by atoms with Crippen molar-refractivity contribution < 1.29 is 13.2 Å². The minimum absolute atomic E-state index is 0.233. The quantitative estimate of drug-likeness (QED) is 0.326. The summed E-state index contributed by atoms with van der Waals surface area (Å²) < 4.78 is 28.3. The molecule has 0 atom stereocenters. The Morgan fingerprint density at radius 3 is 2.54 bits per heavy atom. The first-order valence-electron chi connectivity index (χ1n) is 12.1. The smallest absolute Gasteiger partial charge is 0.252 e. The van der Waals surface area contributed by atoms with Crippen LogP contribution in [-0.4, -0.2) is 42.7 Å². The molecule has 192 valence electrons. The Bertz CT molecular complexity index is 1490. The molecular formula is C27H27ClN4O3S2. The summed E-state index contributed by atoms with van der Waals surface area (Å²) in [5.74, 6) is -0.233. The Morgan fingerprint density at radius 2 is 1.76 bits per heavy atom. The number of aromatic nitrogens is 1. The number of para-hydroxylation sites is 1. The van der Waals surface area contributed by atoms with E-state index in [-0.39, 0.29) is 18.5 Å². The molecular weight excluding hydrogens is 528 g/mol. The maximum atomic E-state index is 13.2. The topological polar surface area (TPSA) is 91.4 Å². The molecule has 3 heterocycles. The summed E-state index contributed by atoms with van der Waals surface area (Å²) in [7, 11) is -3.57. The zero-order valence-corrected chi connectivity index (χ0v) is 22.5. The van der Waals surface area contributed by atoms with Gasteiger partial charge in [-0.1, -0.05) is 29.8 Å². The molecule has 1 aliphatic rings. The van der Waals surface area contributed by atoms with Gasteiger partial charge in [0.25, 0.3) is 15.9 Å². The third kappa shape index (κ3) is 6.02. The lowest BCUT2D eigenvalue weighted by Crippen LogP contribution is -2.44. The number of carbonyl (C=O) groups excluding carboxylic acids is 1. The third-order valence-corrected chi connectivity index (χ3v) is 10.2. The highest BCUT2D eigenvalue weighted by Crippen LogP contribution is 2.27. The van der Waals surface area contributed by atoms with Crippen LogP contribution in [0.5, 0.6) is 0 Å². The first-order valence-corrected chi connectivity index (χ1v) is 14.7. The van der Waals surface area contributed by atoms with Crippen molar-refractivity contribution >= 4 is 49.8 Å². The molecule has 2 aromatic heterocycles. The average molecular weight is 555 g/mol. The van der Waals surface area contributed by atoms with Crippen LogP contribution >= 0.6 is 22.9 Å². The van der Waals surface area contributed by atoms with E-state index in [1.807, 2.05) is 30.5 Å². The van der Waals surface area contributed by atoms with Gasteiger partial charge in [0, 0.05) is 52.7 Å². The zero-order chi connectivity index (χ0) is 25.8. The highest BCUT2D eigenvalue weighted by atomic mass is 35.5. The molecule has 0 saturated carbocycles. The molecule has 7 nitrogen and oxygen atoms in total. The van der Waals surface area contributed by atoms with Crippen molar-refractivity contribution in [3.05, 3.63) is 94.0 Å². The van der Waals surface area contributed by atoms with E-state index in [0.717, 1.165) is 35.2 Å². The predicted molar refractivity (Wildman–Crippen MR) is 147 cm³/mol. The largest absolute Gasteiger partial charge is 0.347 e. The molecule has 0 spiro atoms. The van der Waals surface area contributed by atoms with Crippen molar-refractivity contribution in [1.82, 2.24) is 19.9 Å². The lowest BCUT2D eigenvalue weighted by atomic mass is 10.1.